The van der Waals surface area contributed by atoms with Crippen LogP contribution in [0.1, 0.15) is 11.1 Å². The molecule has 0 aromatic heterocycles. The lowest BCUT2D eigenvalue weighted by atomic mass is 10.1. The molecule has 3 aromatic carbocycles. The smallest absolute Gasteiger partial charge is 0.254 e. The number of hydrogen-bond acceptors (Lipinski definition) is 5. The quantitative estimate of drug-likeness (QED) is 0.462. The van der Waals surface area contributed by atoms with Crippen LogP contribution in [0.5, 0.6) is 0 Å². The largest absolute Gasteiger partial charge is 0.292 e. The van der Waals surface area contributed by atoms with Crippen molar-refractivity contribution in [2.75, 3.05) is 32.7 Å². The monoisotopic (exact) mass is 450 g/mol. The van der Waals surface area contributed by atoms with Crippen molar-refractivity contribution in [2.24, 2.45) is 5.10 Å². The molecule has 1 aliphatic rings. The minimum Gasteiger partial charge on any atom is -0.292 e. The molecule has 1 aliphatic heterocycles. The van der Waals surface area contributed by atoms with Gasteiger partial charge in [0.1, 0.15) is 0 Å². The Balaban J connectivity index is 1.29. The molecule has 1 N–H and O–H groups in total. The fourth-order valence-corrected chi connectivity index (χ4v) is 5.18. The number of carbonyl (C=O) groups is 1. The van der Waals surface area contributed by atoms with Crippen molar-refractivity contribution < 1.29 is 13.2 Å². The number of nitrogens with zero attached hydrogens (tertiary/aromatic N) is 3. The average molecular weight is 451 g/mol. The Labute approximate surface area is 188 Å². The first-order valence-corrected chi connectivity index (χ1v) is 12.0. The predicted molar refractivity (Wildman–Crippen MR) is 126 cm³/mol. The number of aryl methyl sites for hydroxylation is 1. The SMILES string of the molecule is Cc1ccc(S(=O)(=O)N2CCN(CC(=O)NN=Cc3cccc4ccccc34)CC2)cc1. The highest BCUT2D eigenvalue weighted by Gasteiger charge is 2.28. The number of hydrazone groups is 1. The number of hydrogen-bond donors (Lipinski definition) is 1. The number of benzene rings is 3. The van der Waals surface area contributed by atoms with Gasteiger partial charge in [-0.05, 0) is 29.8 Å². The van der Waals surface area contributed by atoms with E-state index in [-0.39, 0.29) is 12.5 Å². The molecule has 0 aliphatic carbocycles. The summed E-state index contributed by atoms with van der Waals surface area (Å²) in [6.07, 6.45) is 1.65. The number of rotatable bonds is 6. The number of amides is 1. The Kier molecular flexibility index (Phi) is 6.64. The van der Waals surface area contributed by atoms with Crippen LogP contribution in [0.25, 0.3) is 10.8 Å². The zero-order valence-corrected chi connectivity index (χ0v) is 18.8. The van der Waals surface area contributed by atoms with Crippen molar-refractivity contribution in [3.8, 4) is 0 Å². The van der Waals surface area contributed by atoms with Gasteiger partial charge in [0.05, 0.1) is 17.7 Å². The summed E-state index contributed by atoms with van der Waals surface area (Å²) >= 11 is 0. The van der Waals surface area contributed by atoms with E-state index in [4.69, 9.17) is 0 Å². The number of piperazine rings is 1. The Bertz CT molecular complexity index is 1230. The third-order valence-electron chi connectivity index (χ3n) is 5.57. The molecule has 166 valence electrons. The number of sulfonamides is 1. The van der Waals surface area contributed by atoms with Gasteiger partial charge in [0.2, 0.25) is 10.0 Å². The van der Waals surface area contributed by atoms with Crippen molar-refractivity contribution in [1.82, 2.24) is 14.6 Å². The summed E-state index contributed by atoms with van der Waals surface area (Å²) in [5, 5.41) is 6.28. The molecule has 0 unspecified atom stereocenters. The van der Waals surface area contributed by atoms with Gasteiger partial charge in [-0.1, -0.05) is 60.2 Å². The van der Waals surface area contributed by atoms with Crippen molar-refractivity contribution in [3.05, 3.63) is 77.9 Å². The van der Waals surface area contributed by atoms with Crippen molar-refractivity contribution in [3.63, 3.8) is 0 Å². The molecule has 1 saturated heterocycles. The van der Waals surface area contributed by atoms with E-state index in [1.807, 2.05) is 54.3 Å². The molecule has 1 amide bonds. The van der Waals surface area contributed by atoms with Crippen LogP contribution in [0, 0.1) is 6.92 Å². The van der Waals surface area contributed by atoms with Crippen molar-refractivity contribution in [2.45, 2.75) is 11.8 Å². The second-order valence-electron chi connectivity index (χ2n) is 7.85. The van der Waals surface area contributed by atoms with Crippen LogP contribution in [0.4, 0.5) is 0 Å². The lowest BCUT2D eigenvalue weighted by molar-refractivity contribution is -0.122. The van der Waals surface area contributed by atoms with Gasteiger partial charge in [0.25, 0.3) is 5.91 Å². The van der Waals surface area contributed by atoms with Crippen molar-refractivity contribution >= 4 is 32.9 Å². The molecule has 0 radical (unpaired) electrons. The van der Waals surface area contributed by atoms with Crippen LogP contribution in [-0.2, 0) is 14.8 Å². The topological polar surface area (TPSA) is 82.1 Å². The van der Waals surface area contributed by atoms with E-state index < -0.39 is 10.0 Å². The van der Waals surface area contributed by atoms with Crippen LogP contribution in [-0.4, -0.2) is 62.5 Å². The van der Waals surface area contributed by atoms with E-state index in [9.17, 15) is 13.2 Å². The summed E-state index contributed by atoms with van der Waals surface area (Å²) in [6.45, 7) is 3.78. The van der Waals surface area contributed by atoms with Crippen LogP contribution >= 0.6 is 0 Å². The van der Waals surface area contributed by atoms with Gasteiger partial charge in [-0.25, -0.2) is 13.8 Å². The van der Waals surface area contributed by atoms with E-state index >= 15 is 0 Å². The van der Waals surface area contributed by atoms with Crippen molar-refractivity contribution in [1.29, 1.82) is 0 Å². The molecule has 4 rings (SSSR count). The van der Waals surface area contributed by atoms with Gasteiger partial charge in [-0.15, -0.1) is 0 Å². The minimum atomic E-state index is -3.51. The lowest BCUT2D eigenvalue weighted by Crippen LogP contribution is -2.50. The summed E-state index contributed by atoms with van der Waals surface area (Å²) in [6, 6.07) is 20.8. The third kappa shape index (κ3) is 5.04. The second-order valence-corrected chi connectivity index (χ2v) is 9.79. The molecular weight excluding hydrogens is 424 g/mol. The fourth-order valence-electron chi connectivity index (χ4n) is 3.76. The van der Waals surface area contributed by atoms with E-state index in [2.05, 4.69) is 10.5 Å². The molecule has 7 nitrogen and oxygen atoms in total. The highest BCUT2D eigenvalue weighted by molar-refractivity contribution is 7.89. The van der Waals surface area contributed by atoms with E-state index in [0.717, 1.165) is 21.9 Å². The van der Waals surface area contributed by atoms with Crippen LogP contribution in [0.3, 0.4) is 0 Å². The average Bonchev–Trinajstić information content (AvgIpc) is 2.80. The standard InChI is InChI=1S/C24H26N4O3S/c1-19-9-11-22(12-10-19)32(30,31)28-15-13-27(14-16-28)18-24(29)26-25-17-21-7-4-6-20-5-2-3-8-23(20)21/h2-12,17H,13-16,18H2,1H3,(H,26,29). The number of carbonyl (C=O) groups excluding carboxylic acids is 1. The Morgan fingerprint density at radius 2 is 1.66 bits per heavy atom. The maximum atomic E-state index is 12.8. The summed E-state index contributed by atoms with van der Waals surface area (Å²) in [5.41, 5.74) is 4.52. The maximum Gasteiger partial charge on any atom is 0.254 e. The van der Waals surface area contributed by atoms with E-state index in [1.165, 1.54) is 4.31 Å². The normalized spacial score (nSPS) is 15.9. The molecule has 0 saturated carbocycles. The van der Waals surface area contributed by atoms with Gasteiger partial charge in [0, 0.05) is 31.7 Å². The number of fused-ring (bicyclic) bond motifs is 1. The summed E-state index contributed by atoms with van der Waals surface area (Å²) < 4.78 is 27.1. The van der Waals surface area contributed by atoms with Gasteiger partial charge >= 0.3 is 0 Å². The lowest BCUT2D eigenvalue weighted by Gasteiger charge is -2.33. The highest BCUT2D eigenvalue weighted by atomic mass is 32.2. The Morgan fingerprint density at radius 1 is 0.969 bits per heavy atom. The summed E-state index contributed by atoms with van der Waals surface area (Å²) in [4.78, 5) is 14.5. The zero-order chi connectivity index (χ0) is 22.6. The first-order chi connectivity index (χ1) is 15.4. The van der Waals surface area contributed by atoms with Gasteiger partial charge in [0.15, 0.2) is 0 Å². The second kappa shape index (κ2) is 9.60. The predicted octanol–water partition coefficient (Wildman–Crippen LogP) is 2.60. The van der Waals surface area contributed by atoms with Gasteiger partial charge < -0.3 is 0 Å². The Hall–Kier alpha value is -3.07. The molecule has 0 atom stereocenters. The molecular formula is C24H26N4O3S. The van der Waals surface area contributed by atoms with Crippen LogP contribution in [0.15, 0.2) is 76.7 Å². The molecule has 3 aromatic rings. The first kappa shape index (κ1) is 22.1. The Morgan fingerprint density at radius 3 is 2.41 bits per heavy atom. The zero-order valence-electron chi connectivity index (χ0n) is 17.9. The van der Waals surface area contributed by atoms with Gasteiger partial charge in [-0.3, -0.25) is 9.69 Å². The summed E-state index contributed by atoms with van der Waals surface area (Å²) in [5.74, 6) is -0.226. The summed E-state index contributed by atoms with van der Waals surface area (Å²) in [7, 11) is -3.51. The van der Waals surface area contributed by atoms with Crippen LogP contribution in [0.2, 0.25) is 0 Å². The highest BCUT2D eigenvalue weighted by Crippen LogP contribution is 2.18. The van der Waals surface area contributed by atoms with Gasteiger partial charge in [-0.2, -0.15) is 9.41 Å². The molecule has 1 heterocycles. The van der Waals surface area contributed by atoms with E-state index in [1.54, 1.807) is 30.5 Å². The minimum absolute atomic E-state index is 0.172. The molecule has 0 spiro atoms. The van der Waals surface area contributed by atoms with Crippen LogP contribution < -0.4 is 5.43 Å². The molecule has 32 heavy (non-hydrogen) atoms. The first-order valence-electron chi connectivity index (χ1n) is 10.5. The molecule has 8 heteroatoms. The van der Waals surface area contributed by atoms with E-state index in [0.29, 0.717) is 31.1 Å². The fraction of sp³-hybridized carbons (Fsp3) is 0.250. The maximum absolute atomic E-state index is 12.8. The molecule has 1 fully saturated rings. The number of nitrogens with one attached hydrogen (secondary N) is 1. The third-order valence-corrected chi connectivity index (χ3v) is 7.49. The molecule has 0 bridgehead atoms.